The lowest BCUT2D eigenvalue weighted by atomic mass is 9.81. The summed E-state index contributed by atoms with van der Waals surface area (Å²) in [5, 5.41) is 5.53. The summed E-state index contributed by atoms with van der Waals surface area (Å²) >= 11 is 1.89. The van der Waals surface area contributed by atoms with Crippen molar-refractivity contribution in [2.24, 2.45) is 0 Å². The van der Waals surface area contributed by atoms with Gasteiger partial charge in [-0.3, -0.25) is 0 Å². The molecule has 0 fully saturated rings. The summed E-state index contributed by atoms with van der Waals surface area (Å²) in [6.07, 6.45) is 4.67. The van der Waals surface area contributed by atoms with Crippen molar-refractivity contribution in [3.05, 3.63) is 102 Å². The summed E-state index contributed by atoms with van der Waals surface area (Å²) in [6, 6.07) is 28.9. The number of thiophene rings is 1. The van der Waals surface area contributed by atoms with Crippen LogP contribution in [0, 0.1) is 0 Å². The van der Waals surface area contributed by atoms with Crippen LogP contribution >= 0.6 is 11.3 Å². The SMILES string of the molecule is C1=CC(c2cccc3sc4ccccc4c23)c2cccc3cccc1c23. The van der Waals surface area contributed by atoms with Crippen LogP contribution in [0.4, 0.5) is 0 Å². The standard InChI is InChI=1S/C25H16S/c1-2-12-22-21(9-1)25-20(11-5-13-23(25)26-22)18-15-14-17-7-3-6-16-8-4-10-19(18)24(16)17/h1-15,18H. The highest BCUT2D eigenvalue weighted by atomic mass is 32.1. The van der Waals surface area contributed by atoms with Gasteiger partial charge in [0.15, 0.2) is 0 Å². The number of benzene rings is 4. The van der Waals surface area contributed by atoms with Crippen molar-refractivity contribution in [3.63, 3.8) is 0 Å². The molecule has 1 heterocycles. The van der Waals surface area contributed by atoms with Gasteiger partial charge >= 0.3 is 0 Å². The zero-order valence-corrected chi connectivity index (χ0v) is 15.0. The molecule has 0 saturated heterocycles. The molecule has 1 atom stereocenters. The number of rotatable bonds is 1. The molecule has 0 spiro atoms. The van der Waals surface area contributed by atoms with Crippen LogP contribution in [0.5, 0.6) is 0 Å². The minimum Gasteiger partial charge on any atom is -0.135 e. The first-order valence-corrected chi connectivity index (χ1v) is 9.82. The van der Waals surface area contributed by atoms with E-state index in [4.69, 9.17) is 0 Å². The first kappa shape index (κ1) is 14.3. The molecule has 5 aromatic rings. The van der Waals surface area contributed by atoms with Gasteiger partial charge in [-0.2, -0.15) is 0 Å². The fourth-order valence-corrected chi connectivity index (χ4v) is 5.57. The van der Waals surface area contributed by atoms with Gasteiger partial charge in [-0.1, -0.05) is 78.9 Å². The fourth-order valence-electron chi connectivity index (χ4n) is 4.43. The molecule has 4 aromatic carbocycles. The lowest BCUT2D eigenvalue weighted by Gasteiger charge is -2.22. The van der Waals surface area contributed by atoms with Crippen molar-refractivity contribution in [2.75, 3.05) is 0 Å². The summed E-state index contributed by atoms with van der Waals surface area (Å²) in [5.41, 5.74) is 4.17. The minimum atomic E-state index is 0.301. The molecule has 1 unspecified atom stereocenters. The Morgan fingerprint density at radius 3 is 2.27 bits per heavy atom. The van der Waals surface area contributed by atoms with Gasteiger partial charge in [0.1, 0.15) is 0 Å². The zero-order valence-electron chi connectivity index (χ0n) is 14.1. The first-order valence-electron chi connectivity index (χ1n) is 9.00. The maximum Gasteiger partial charge on any atom is 0.0358 e. The Morgan fingerprint density at radius 1 is 0.615 bits per heavy atom. The second kappa shape index (κ2) is 5.30. The van der Waals surface area contributed by atoms with Crippen molar-refractivity contribution in [2.45, 2.75) is 5.92 Å². The van der Waals surface area contributed by atoms with Gasteiger partial charge in [-0.05, 0) is 39.6 Å². The molecule has 0 bridgehead atoms. The van der Waals surface area contributed by atoms with Crippen LogP contribution in [0.2, 0.25) is 0 Å². The van der Waals surface area contributed by atoms with E-state index < -0.39 is 0 Å². The van der Waals surface area contributed by atoms with Crippen LogP contribution in [0.25, 0.3) is 37.0 Å². The molecule has 1 heteroatoms. The molecule has 1 aliphatic carbocycles. The molecule has 1 aromatic heterocycles. The third kappa shape index (κ3) is 1.89. The molecule has 6 rings (SSSR count). The van der Waals surface area contributed by atoms with Gasteiger partial charge in [0.2, 0.25) is 0 Å². The zero-order chi connectivity index (χ0) is 17.1. The number of hydrogen-bond donors (Lipinski definition) is 0. The second-order valence-corrected chi connectivity index (χ2v) is 8.03. The third-order valence-electron chi connectivity index (χ3n) is 5.54. The highest BCUT2D eigenvalue weighted by molar-refractivity contribution is 7.25. The molecule has 26 heavy (non-hydrogen) atoms. The molecule has 0 N–H and O–H groups in total. The summed E-state index contributed by atoms with van der Waals surface area (Å²) in [5.74, 6) is 0.301. The van der Waals surface area contributed by atoms with Crippen LogP contribution in [-0.4, -0.2) is 0 Å². The molecule has 0 radical (unpaired) electrons. The van der Waals surface area contributed by atoms with Gasteiger partial charge in [-0.15, -0.1) is 11.3 Å². The monoisotopic (exact) mass is 348 g/mol. The third-order valence-corrected chi connectivity index (χ3v) is 6.68. The van der Waals surface area contributed by atoms with E-state index in [0.29, 0.717) is 5.92 Å². The Hall–Kier alpha value is -2.90. The van der Waals surface area contributed by atoms with E-state index in [9.17, 15) is 0 Å². The van der Waals surface area contributed by atoms with E-state index in [2.05, 4.69) is 91.0 Å². The van der Waals surface area contributed by atoms with E-state index >= 15 is 0 Å². The normalized spacial score (nSPS) is 15.9. The topological polar surface area (TPSA) is 0 Å². The van der Waals surface area contributed by atoms with Crippen LogP contribution < -0.4 is 0 Å². The van der Waals surface area contributed by atoms with E-state index in [-0.39, 0.29) is 0 Å². The predicted molar refractivity (Wildman–Crippen MR) is 114 cm³/mol. The molecule has 0 nitrogen and oxygen atoms in total. The van der Waals surface area contributed by atoms with Crippen LogP contribution in [0.3, 0.4) is 0 Å². The van der Waals surface area contributed by atoms with Crippen molar-refractivity contribution in [3.8, 4) is 0 Å². The summed E-state index contributed by atoms with van der Waals surface area (Å²) in [6.45, 7) is 0. The minimum absolute atomic E-state index is 0.301. The Labute approximate surface area is 156 Å². The predicted octanol–water partition coefficient (Wildman–Crippen LogP) is 7.37. The van der Waals surface area contributed by atoms with Crippen molar-refractivity contribution in [1.82, 2.24) is 0 Å². The van der Waals surface area contributed by atoms with Crippen LogP contribution in [-0.2, 0) is 0 Å². The molecule has 122 valence electrons. The van der Waals surface area contributed by atoms with E-state index in [1.54, 1.807) is 0 Å². The molecular weight excluding hydrogens is 332 g/mol. The molecule has 0 saturated carbocycles. The maximum absolute atomic E-state index is 2.37. The fraction of sp³-hybridized carbons (Fsp3) is 0.0400. The highest BCUT2D eigenvalue weighted by Gasteiger charge is 2.22. The van der Waals surface area contributed by atoms with E-state index in [0.717, 1.165) is 0 Å². The number of allylic oxidation sites excluding steroid dienone is 1. The number of hydrogen-bond acceptors (Lipinski definition) is 1. The van der Waals surface area contributed by atoms with Gasteiger partial charge in [0.25, 0.3) is 0 Å². The smallest absolute Gasteiger partial charge is 0.0358 e. The van der Waals surface area contributed by atoms with Gasteiger partial charge < -0.3 is 0 Å². The van der Waals surface area contributed by atoms with Gasteiger partial charge in [0.05, 0.1) is 0 Å². The quantitative estimate of drug-likeness (QED) is 0.297. The maximum atomic E-state index is 2.37. The lowest BCUT2D eigenvalue weighted by molar-refractivity contribution is 1.05. The molecule has 1 aliphatic rings. The first-order chi connectivity index (χ1) is 12.9. The largest absolute Gasteiger partial charge is 0.135 e. The average Bonchev–Trinajstić information content (AvgIpc) is 3.08. The molecular formula is C25H16S. The second-order valence-electron chi connectivity index (χ2n) is 6.95. The van der Waals surface area contributed by atoms with E-state index in [1.165, 1.54) is 47.6 Å². The molecule has 0 amide bonds. The Morgan fingerprint density at radius 2 is 1.35 bits per heavy atom. The lowest BCUT2D eigenvalue weighted by Crippen LogP contribution is -2.03. The summed E-state index contributed by atoms with van der Waals surface area (Å²) in [4.78, 5) is 0. The highest BCUT2D eigenvalue weighted by Crippen LogP contribution is 2.44. The van der Waals surface area contributed by atoms with Crippen LogP contribution in [0.1, 0.15) is 22.6 Å². The average molecular weight is 348 g/mol. The number of fused-ring (bicyclic) bond motifs is 3. The summed E-state index contributed by atoms with van der Waals surface area (Å²) in [7, 11) is 0. The van der Waals surface area contributed by atoms with Crippen molar-refractivity contribution in [1.29, 1.82) is 0 Å². The van der Waals surface area contributed by atoms with Gasteiger partial charge in [-0.25, -0.2) is 0 Å². The van der Waals surface area contributed by atoms with Crippen molar-refractivity contribution < 1.29 is 0 Å². The Bertz CT molecular complexity index is 1330. The van der Waals surface area contributed by atoms with Crippen molar-refractivity contribution >= 4 is 48.4 Å². The Kier molecular flexibility index (Phi) is 2.91. The van der Waals surface area contributed by atoms with Gasteiger partial charge in [0, 0.05) is 26.1 Å². The van der Waals surface area contributed by atoms with Crippen LogP contribution in [0.15, 0.2) is 84.9 Å². The molecule has 0 aliphatic heterocycles. The Balaban J connectivity index is 1.70. The summed E-state index contributed by atoms with van der Waals surface area (Å²) < 4.78 is 2.75. The van der Waals surface area contributed by atoms with E-state index in [1.807, 2.05) is 11.3 Å².